The lowest BCUT2D eigenvalue weighted by Gasteiger charge is -2.33. The molecule has 2 atom stereocenters. The van der Waals surface area contributed by atoms with Gasteiger partial charge in [-0.1, -0.05) is 41.1 Å². The number of fused-ring (bicyclic) bond motifs is 2. The van der Waals surface area contributed by atoms with E-state index in [-0.39, 0.29) is 12.7 Å². The Morgan fingerprint density at radius 2 is 1.95 bits per heavy atom. The molecule has 1 saturated heterocycles. The molecule has 0 aliphatic carbocycles. The Labute approximate surface area is 266 Å². The fourth-order valence-electron chi connectivity index (χ4n) is 5.78. The number of anilines is 1. The van der Waals surface area contributed by atoms with Gasteiger partial charge in [-0.25, -0.2) is 9.78 Å². The van der Waals surface area contributed by atoms with E-state index in [2.05, 4.69) is 34.3 Å². The van der Waals surface area contributed by atoms with E-state index in [0.717, 1.165) is 60.6 Å². The molecule has 5 aromatic rings. The summed E-state index contributed by atoms with van der Waals surface area (Å²) in [4.78, 5) is 20.9. The topological polar surface area (TPSA) is 78.7 Å². The molecule has 230 valence electrons. The zero-order valence-corrected chi connectivity index (χ0v) is 27.5. The van der Waals surface area contributed by atoms with Gasteiger partial charge in [-0.05, 0) is 81.6 Å². The second kappa shape index (κ2) is 12.1. The molecular formula is C34H37ClN4O4S. The van der Waals surface area contributed by atoms with Gasteiger partial charge in [-0.3, -0.25) is 4.68 Å². The van der Waals surface area contributed by atoms with Gasteiger partial charge in [0.05, 0.1) is 47.3 Å². The number of morpholine rings is 1. The number of halogens is 1. The third kappa shape index (κ3) is 6.06. The number of esters is 1. The van der Waals surface area contributed by atoms with Crippen molar-refractivity contribution in [1.29, 1.82) is 0 Å². The fourth-order valence-corrected chi connectivity index (χ4v) is 7.07. The maximum Gasteiger partial charge on any atom is 0.339 e. The molecule has 0 radical (unpaired) electrons. The molecule has 0 saturated carbocycles. The molecule has 8 nitrogen and oxygen atoms in total. The Hall–Kier alpha value is -3.50. The van der Waals surface area contributed by atoms with Crippen LogP contribution in [0.15, 0.2) is 54.7 Å². The fraction of sp³-hybridized carbons (Fsp3) is 0.382. The van der Waals surface area contributed by atoms with E-state index in [4.69, 9.17) is 30.8 Å². The number of benzene rings is 3. The summed E-state index contributed by atoms with van der Waals surface area (Å²) in [6.45, 7) is 11.9. The average molecular weight is 633 g/mol. The summed E-state index contributed by atoms with van der Waals surface area (Å²) in [6, 6.07) is 16.1. The van der Waals surface area contributed by atoms with Gasteiger partial charge in [0.2, 0.25) is 0 Å². The van der Waals surface area contributed by atoms with Crippen LogP contribution in [0, 0.1) is 6.92 Å². The van der Waals surface area contributed by atoms with Crippen LogP contribution in [-0.4, -0.2) is 52.6 Å². The van der Waals surface area contributed by atoms with Crippen LogP contribution in [0.3, 0.4) is 0 Å². The Morgan fingerprint density at radius 3 is 2.68 bits per heavy atom. The van der Waals surface area contributed by atoms with Crippen LogP contribution in [-0.2, 0) is 26.1 Å². The summed E-state index contributed by atoms with van der Waals surface area (Å²) in [5.74, 6) is -0.411. The molecule has 44 heavy (non-hydrogen) atoms. The lowest BCUT2D eigenvalue weighted by atomic mass is 9.91. The highest BCUT2D eigenvalue weighted by atomic mass is 35.5. The van der Waals surface area contributed by atoms with Crippen molar-refractivity contribution in [2.45, 2.75) is 52.4 Å². The maximum absolute atomic E-state index is 13.4. The second-order valence-corrected chi connectivity index (χ2v) is 13.5. The highest BCUT2D eigenvalue weighted by Crippen LogP contribution is 2.45. The van der Waals surface area contributed by atoms with Crippen molar-refractivity contribution in [3.8, 4) is 11.1 Å². The Balaban J connectivity index is 1.44. The predicted molar refractivity (Wildman–Crippen MR) is 177 cm³/mol. The summed E-state index contributed by atoms with van der Waals surface area (Å²) in [5.41, 5.74) is 6.03. The molecule has 1 fully saturated rings. The van der Waals surface area contributed by atoms with Crippen molar-refractivity contribution in [1.82, 2.24) is 14.8 Å². The van der Waals surface area contributed by atoms with Gasteiger partial charge in [-0.2, -0.15) is 5.10 Å². The summed E-state index contributed by atoms with van der Waals surface area (Å²) in [7, 11) is 1.95. The smallest absolute Gasteiger partial charge is 0.339 e. The number of nitrogens with zero attached hydrogens (tertiary/aromatic N) is 4. The molecule has 0 bridgehead atoms. The largest absolute Gasteiger partial charge is 0.464 e. The number of ether oxygens (including phenoxy) is 3. The number of rotatable bonds is 7. The Morgan fingerprint density at radius 1 is 1.18 bits per heavy atom. The van der Waals surface area contributed by atoms with Crippen molar-refractivity contribution < 1.29 is 19.0 Å². The molecule has 0 spiro atoms. The SMILES string of the molecule is CCOC(=O)[C@@H](OC(C)(C)C)c1c(C)cc2nc(N3CCOC(c4ccc5c(cnn5C)c4)C3)sc2c1-c1ccc(Cl)cc1. The van der Waals surface area contributed by atoms with E-state index in [1.165, 1.54) is 0 Å². The van der Waals surface area contributed by atoms with Crippen LogP contribution < -0.4 is 4.90 Å². The molecule has 10 heteroatoms. The van der Waals surface area contributed by atoms with Crippen LogP contribution in [0.25, 0.3) is 32.2 Å². The first-order valence-electron chi connectivity index (χ1n) is 14.8. The standard InChI is InChI=1S/C34H37ClN4O4S/c1-7-41-32(40)30(43-34(3,4)5)28-20(2)16-25-31(29(28)21-8-11-24(35)12-9-21)44-33(37-25)39-14-15-42-27(19-39)22-10-13-26-23(17-22)18-36-38(26)6/h8-13,16-18,27,30H,7,14-15,19H2,1-6H3/t27?,30-/m0/s1. The maximum atomic E-state index is 13.4. The Kier molecular flexibility index (Phi) is 8.41. The molecule has 6 rings (SSSR count). The molecule has 0 amide bonds. The Bertz CT molecular complexity index is 1830. The van der Waals surface area contributed by atoms with E-state index in [1.807, 2.05) is 76.8 Å². The number of hydrogen-bond acceptors (Lipinski definition) is 8. The predicted octanol–water partition coefficient (Wildman–Crippen LogP) is 7.81. The van der Waals surface area contributed by atoms with Gasteiger partial charge in [0.1, 0.15) is 6.10 Å². The van der Waals surface area contributed by atoms with Gasteiger partial charge in [0.25, 0.3) is 0 Å². The van der Waals surface area contributed by atoms with E-state index in [1.54, 1.807) is 11.3 Å². The number of hydrogen-bond donors (Lipinski definition) is 0. The minimum Gasteiger partial charge on any atom is -0.464 e. The molecule has 2 aromatic heterocycles. The zero-order chi connectivity index (χ0) is 31.2. The number of aryl methyl sites for hydroxylation is 2. The minimum absolute atomic E-state index is 0.0956. The summed E-state index contributed by atoms with van der Waals surface area (Å²) >= 11 is 7.92. The van der Waals surface area contributed by atoms with Crippen LogP contribution >= 0.6 is 22.9 Å². The second-order valence-electron chi connectivity index (χ2n) is 12.1. The van der Waals surface area contributed by atoms with Crippen molar-refractivity contribution >= 4 is 55.2 Å². The van der Waals surface area contributed by atoms with Gasteiger partial charge < -0.3 is 19.1 Å². The normalized spacial score (nSPS) is 16.5. The first kappa shape index (κ1) is 30.5. The van der Waals surface area contributed by atoms with Crippen molar-refractivity contribution in [3.05, 3.63) is 76.4 Å². The summed E-state index contributed by atoms with van der Waals surface area (Å²) in [5, 5.41) is 7.03. The summed E-state index contributed by atoms with van der Waals surface area (Å²) < 4.78 is 21.1. The number of carbonyl (C=O) groups excluding carboxylic acids is 1. The van der Waals surface area contributed by atoms with Crippen molar-refractivity contribution in [2.24, 2.45) is 7.05 Å². The van der Waals surface area contributed by atoms with E-state index < -0.39 is 17.7 Å². The monoisotopic (exact) mass is 632 g/mol. The highest BCUT2D eigenvalue weighted by molar-refractivity contribution is 7.22. The molecule has 1 aliphatic rings. The van der Waals surface area contributed by atoms with Gasteiger partial charge in [-0.15, -0.1) is 0 Å². The average Bonchev–Trinajstić information content (AvgIpc) is 3.58. The lowest BCUT2D eigenvalue weighted by molar-refractivity contribution is -0.166. The molecule has 1 aliphatic heterocycles. The zero-order valence-electron chi connectivity index (χ0n) is 25.9. The van der Waals surface area contributed by atoms with E-state index in [0.29, 0.717) is 18.2 Å². The van der Waals surface area contributed by atoms with Gasteiger partial charge in [0.15, 0.2) is 11.2 Å². The quantitative estimate of drug-likeness (QED) is 0.169. The molecular weight excluding hydrogens is 596 g/mol. The molecule has 3 aromatic carbocycles. The number of carbonyl (C=O) groups is 1. The van der Waals surface area contributed by atoms with Gasteiger partial charge in [0, 0.05) is 35.1 Å². The lowest BCUT2D eigenvalue weighted by Crippen LogP contribution is -2.38. The number of aromatic nitrogens is 3. The van der Waals surface area contributed by atoms with Crippen LogP contribution in [0.5, 0.6) is 0 Å². The van der Waals surface area contributed by atoms with Crippen molar-refractivity contribution in [3.63, 3.8) is 0 Å². The van der Waals surface area contributed by atoms with Gasteiger partial charge >= 0.3 is 5.97 Å². The van der Waals surface area contributed by atoms with E-state index in [9.17, 15) is 4.79 Å². The van der Waals surface area contributed by atoms with Crippen LogP contribution in [0.4, 0.5) is 5.13 Å². The van der Waals surface area contributed by atoms with Crippen LogP contribution in [0.1, 0.15) is 56.6 Å². The first-order chi connectivity index (χ1) is 21.0. The van der Waals surface area contributed by atoms with Crippen molar-refractivity contribution in [2.75, 3.05) is 31.2 Å². The molecule has 3 heterocycles. The molecule has 1 unspecified atom stereocenters. The van der Waals surface area contributed by atoms with Crippen LogP contribution in [0.2, 0.25) is 5.02 Å². The summed E-state index contributed by atoms with van der Waals surface area (Å²) in [6.07, 6.45) is 0.880. The number of thiazole rings is 1. The first-order valence-corrected chi connectivity index (χ1v) is 16.0. The highest BCUT2D eigenvalue weighted by Gasteiger charge is 2.34. The third-order valence-electron chi connectivity index (χ3n) is 7.76. The third-order valence-corrected chi connectivity index (χ3v) is 9.16. The molecule has 0 N–H and O–H groups in total. The van der Waals surface area contributed by atoms with E-state index >= 15 is 0 Å². The minimum atomic E-state index is -0.911.